The van der Waals surface area contributed by atoms with E-state index in [1.165, 1.54) is 6.07 Å². The molecule has 0 spiro atoms. The van der Waals surface area contributed by atoms with Gasteiger partial charge < -0.3 is 4.74 Å². The summed E-state index contributed by atoms with van der Waals surface area (Å²) in [5, 5.41) is 0. The van der Waals surface area contributed by atoms with Gasteiger partial charge >= 0.3 is 0 Å². The Kier molecular flexibility index (Phi) is 2.10. The molecule has 0 radical (unpaired) electrons. The van der Waals surface area contributed by atoms with Crippen molar-refractivity contribution >= 4 is 0 Å². The molecule has 0 bridgehead atoms. The molecule has 1 aromatic carbocycles. The van der Waals surface area contributed by atoms with E-state index in [9.17, 15) is 4.39 Å². The molecule has 0 N–H and O–H groups in total. The Morgan fingerprint density at radius 3 is 2.88 bits per heavy atom. The number of ether oxygens (including phenoxy) is 1. The maximum Gasteiger partial charge on any atom is 0.213 e. The van der Waals surface area contributed by atoms with E-state index < -0.39 is 5.95 Å². The molecule has 2 nitrogen and oxygen atoms in total. The molecule has 0 aliphatic carbocycles. The van der Waals surface area contributed by atoms with Crippen LogP contribution in [0.1, 0.15) is 16.8 Å². The van der Waals surface area contributed by atoms with Crippen LogP contribution in [0.15, 0.2) is 36.4 Å². The van der Waals surface area contributed by atoms with E-state index in [-0.39, 0.29) is 0 Å². The third-order valence-corrected chi connectivity index (χ3v) is 2.75. The number of halogens is 1. The lowest BCUT2D eigenvalue weighted by molar-refractivity contribution is 0.300. The Balaban J connectivity index is 2.08. The zero-order chi connectivity index (χ0) is 11.0. The lowest BCUT2D eigenvalue weighted by Crippen LogP contribution is -2.01. The van der Waals surface area contributed by atoms with Gasteiger partial charge in [-0.15, -0.1) is 0 Å². The highest BCUT2D eigenvalue weighted by Gasteiger charge is 2.14. The summed E-state index contributed by atoms with van der Waals surface area (Å²) in [6.45, 7) is 0.337. The fraction of sp³-hybridized carbons (Fsp3) is 0.154. The van der Waals surface area contributed by atoms with Gasteiger partial charge in [-0.2, -0.15) is 4.39 Å². The van der Waals surface area contributed by atoms with Crippen LogP contribution in [0.25, 0.3) is 0 Å². The largest absolute Gasteiger partial charge is 0.487 e. The van der Waals surface area contributed by atoms with E-state index in [0.717, 1.165) is 23.3 Å². The van der Waals surface area contributed by atoms with Gasteiger partial charge in [-0.05, 0) is 23.3 Å². The highest BCUT2D eigenvalue weighted by Crippen LogP contribution is 2.27. The Hall–Kier alpha value is -1.90. The lowest BCUT2D eigenvalue weighted by Gasteiger charge is -2.04. The zero-order valence-electron chi connectivity index (χ0n) is 8.61. The summed E-state index contributed by atoms with van der Waals surface area (Å²) in [4.78, 5) is 3.87. The molecule has 1 aromatic heterocycles. The van der Waals surface area contributed by atoms with Crippen molar-refractivity contribution in [3.05, 3.63) is 59.2 Å². The molecule has 0 atom stereocenters. The molecule has 0 fully saturated rings. The van der Waals surface area contributed by atoms with E-state index in [1.807, 2.05) is 24.3 Å². The summed E-state index contributed by atoms with van der Waals surface area (Å²) in [5.41, 5.74) is 2.84. The van der Waals surface area contributed by atoms with Crippen molar-refractivity contribution in [2.75, 3.05) is 0 Å². The number of hydrogen-bond donors (Lipinski definition) is 0. The van der Waals surface area contributed by atoms with Crippen LogP contribution in [0.2, 0.25) is 0 Å². The van der Waals surface area contributed by atoms with Crippen molar-refractivity contribution in [3.63, 3.8) is 0 Å². The Morgan fingerprint density at radius 2 is 1.94 bits per heavy atom. The van der Waals surface area contributed by atoms with Gasteiger partial charge in [0.05, 0.1) is 5.69 Å². The standard InChI is InChI=1S/C13H10FNO/c14-13-6-5-9-7-10-3-1-2-4-12(10)16-8-11(9)15-13/h1-6H,7-8H2. The van der Waals surface area contributed by atoms with Crippen molar-refractivity contribution in [2.45, 2.75) is 13.0 Å². The van der Waals surface area contributed by atoms with Crippen LogP contribution in [-0.2, 0) is 13.0 Å². The third kappa shape index (κ3) is 1.54. The number of para-hydroxylation sites is 1. The van der Waals surface area contributed by atoms with Crippen LogP contribution in [0.5, 0.6) is 5.75 Å². The first-order valence-electron chi connectivity index (χ1n) is 5.18. The summed E-state index contributed by atoms with van der Waals surface area (Å²) in [5.74, 6) is 0.411. The van der Waals surface area contributed by atoms with E-state index in [1.54, 1.807) is 6.07 Å². The number of nitrogens with zero attached hydrogens (tertiary/aromatic N) is 1. The van der Waals surface area contributed by atoms with Crippen molar-refractivity contribution in [1.82, 2.24) is 4.98 Å². The molecule has 1 aliphatic heterocycles. The molecule has 0 saturated heterocycles. The lowest BCUT2D eigenvalue weighted by atomic mass is 10.0. The van der Waals surface area contributed by atoms with Crippen LogP contribution in [0, 0.1) is 5.95 Å². The molecule has 0 unspecified atom stereocenters. The van der Waals surface area contributed by atoms with Crippen LogP contribution in [0.4, 0.5) is 4.39 Å². The first kappa shape index (κ1) is 9.33. The summed E-state index contributed by atoms with van der Waals surface area (Å²) in [7, 11) is 0. The van der Waals surface area contributed by atoms with Gasteiger partial charge in [-0.3, -0.25) is 0 Å². The van der Waals surface area contributed by atoms with Gasteiger partial charge in [0.2, 0.25) is 5.95 Å². The maximum atomic E-state index is 13.0. The van der Waals surface area contributed by atoms with Gasteiger partial charge in [0.1, 0.15) is 12.4 Å². The second-order valence-corrected chi connectivity index (χ2v) is 3.81. The number of fused-ring (bicyclic) bond motifs is 2. The molecule has 1 aliphatic rings. The van der Waals surface area contributed by atoms with E-state index in [0.29, 0.717) is 12.3 Å². The van der Waals surface area contributed by atoms with Crippen LogP contribution < -0.4 is 4.74 Å². The van der Waals surface area contributed by atoms with Crippen LogP contribution >= 0.6 is 0 Å². The van der Waals surface area contributed by atoms with E-state index in [4.69, 9.17) is 4.74 Å². The van der Waals surface area contributed by atoms with Crippen LogP contribution in [0.3, 0.4) is 0 Å². The van der Waals surface area contributed by atoms with E-state index in [2.05, 4.69) is 4.98 Å². The molecular formula is C13H10FNO. The highest BCUT2D eigenvalue weighted by molar-refractivity contribution is 5.40. The Morgan fingerprint density at radius 1 is 1.06 bits per heavy atom. The molecule has 0 amide bonds. The summed E-state index contributed by atoms with van der Waals surface area (Å²) in [6, 6.07) is 11.0. The number of rotatable bonds is 0. The van der Waals surface area contributed by atoms with Gasteiger partial charge in [0.15, 0.2) is 0 Å². The first-order chi connectivity index (χ1) is 7.83. The average Bonchev–Trinajstić information content (AvgIpc) is 2.48. The second-order valence-electron chi connectivity index (χ2n) is 3.81. The molecule has 0 saturated carbocycles. The quantitative estimate of drug-likeness (QED) is 0.630. The average molecular weight is 215 g/mol. The Bertz CT molecular complexity index is 539. The fourth-order valence-electron chi connectivity index (χ4n) is 1.93. The number of benzene rings is 1. The first-order valence-corrected chi connectivity index (χ1v) is 5.18. The SMILES string of the molecule is Fc1ccc2c(n1)COc1ccccc1C2. The minimum Gasteiger partial charge on any atom is -0.487 e. The molecule has 16 heavy (non-hydrogen) atoms. The summed E-state index contributed by atoms with van der Waals surface area (Å²) < 4.78 is 18.6. The molecular weight excluding hydrogens is 205 g/mol. The van der Waals surface area contributed by atoms with Crippen molar-refractivity contribution in [3.8, 4) is 5.75 Å². The minimum atomic E-state index is -0.451. The molecule has 80 valence electrons. The molecule has 3 heteroatoms. The smallest absolute Gasteiger partial charge is 0.213 e. The predicted octanol–water partition coefficient (Wildman–Crippen LogP) is 2.70. The zero-order valence-corrected chi connectivity index (χ0v) is 8.61. The fourth-order valence-corrected chi connectivity index (χ4v) is 1.93. The van der Waals surface area contributed by atoms with Gasteiger partial charge in [0.25, 0.3) is 0 Å². The van der Waals surface area contributed by atoms with Crippen molar-refractivity contribution in [1.29, 1.82) is 0 Å². The topological polar surface area (TPSA) is 22.1 Å². The normalized spacial score (nSPS) is 13.3. The number of aromatic nitrogens is 1. The highest BCUT2D eigenvalue weighted by atomic mass is 19.1. The summed E-state index contributed by atoms with van der Waals surface area (Å²) in [6.07, 6.45) is 0.749. The second kappa shape index (κ2) is 3.59. The van der Waals surface area contributed by atoms with Gasteiger partial charge in [0, 0.05) is 6.42 Å². The minimum absolute atomic E-state index is 0.337. The predicted molar refractivity (Wildman–Crippen MR) is 57.8 cm³/mol. The molecule has 2 heterocycles. The summed E-state index contributed by atoms with van der Waals surface area (Å²) >= 11 is 0. The van der Waals surface area contributed by atoms with Gasteiger partial charge in [-0.25, -0.2) is 4.98 Å². The Labute approximate surface area is 92.7 Å². The maximum absolute atomic E-state index is 13.0. The van der Waals surface area contributed by atoms with Crippen LogP contribution in [-0.4, -0.2) is 4.98 Å². The number of hydrogen-bond acceptors (Lipinski definition) is 2. The number of pyridine rings is 1. The monoisotopic (exact) mass is 215 g/mol. The van der Waals surface area contributed by atoms with Crippen molar-refractivity contribution < 1.29 is 9.13 Å². The molecule has 2 aromatic rings. The van der Waals surface area contributed by atoms with E-state index >= 15 is 0 Å². The molecule has 3 rings (SSSR count). The third-order valence-electron chi connectivity index (χ3n) is 2.75. The van der Waals surface area contributed by atoms with Crippen molar-refractivity contribution in [2.24, 2.45) is 0 Å². The van der Waals surface area contributed by atoms with Gasteiger partial charge in [-0.1, -0.05) is 24.3 Å².